The summed E-state index contributed by atoms with van der Waals surface area (Å²) in [6, 6.07) is 0. The lowest BCUT2D eigenvalue weighted by Gasteiger charge is -2.31. The van der Waals surface area contributed by atoms with Crippen molar-refractivity contribution in [1.29, 1.82) is 0 Å². The number of aliphatic hydroxyl groups is 1. The molecule has 3 nitrogen and oxygen atoms in total. The minimum absolute atomic E-state index is 0.201. The number of hydrogen-bond acceptors (Lipinski definition) is 3. The highest BCUT2D eigenvalue weighted by atomic mass is 16.5. The van der Waals surface area contributed by atoms with E-state index in [1.165, 1.54) is 7.11 Å². The van der Waals surface area contributed by atoms with Crippen LogP contribution < -0.4 is 0 Å². The molecule has 0 spiro atoms. The first-order chi connectivity index (χ1) is 4.63. The van der Waals surface area contributed by atoms with Crippen LogP contribution >= 0.6 is 0 Å². The number of hydrogen-bond donors (Lipinski definition) is 1. The Morgan fingerprint density at radius 2 is 2.20 bits per heavy atom. The van der Waals surface area contributed by atoms with Crippen molar-refractivity contribution in [3.63, 3.8) is 0 Å². The van der Waals surface area contributed by atoms with Gasteiger partial charge >= 0.3 is 0 Å². The number of methoxy groups -OCH3 is 1. The maximum absolute atomic E-state index is 8.84. The number of rotatable bonds is 3. The Morgan fingerprint density at radius 3 is 2.20 bits per heavy atom. The first-order valence-electron chi connectivity index (χ1n) is 2.94. The van der Waals surface area contributed by atoms with Gasteiger partial charge < -0.3 is 9.84 Å². The molecule has 0 amide bonds. The van der Waals surface area contributed by atoms with E-state index in [0.717, 1.165) is 0 Å². The molecule has 0 rings (SSSR count). The molecule has 0 aliphatic heterocycles. The van der Waals surface area contributed by atoms with Crippen LogP contribution in [0.15, 0.2) is 0 Å². The second-order valence-corrected chi connectivity index (χ2v) is 2.19. The molecule has 0 aromatic heterocycles. The Kier molecular flexibility index (Phi) is 3.37. The van der Waals surface area contributed by atoms with E-state index >= 15 is 0 Å². The molecule has 0 bridgehead atoms. The van der Waals surface area contributed by atoms with Gasteiger partial charge in [0.2, 0.25) is 5.72 Å². The fourth-order valence-electron chi connectivity index (χ4n) is 0.622. The molecule has 0 aliphatic carbocycles. The van der Waals surface area contributed by atoms with E-state index in [1.54, 1.807) is 19.0 Å². The van der Waals surface area contributed by atoms with Crippen LogP contribution in [-0.4, -0.2) is 43.5 Å². The highest BCUT2D eigenvalue weighted by Gasteiger charge is 2.28. The number of ether oxygens (including phenoxy) is 1. The Bertz CT molecular complexity index is 133. The maximum atomic E-state index is 8.84. The van der Waals surface area contributed by atoms with Gasteiger partial charge in [-0.2, -0.15) is 0 Å². The Balaban J connectivity index is 4.35. The molecule has 0 aromatic carbocycles. The molecular formula is C7H13NO2. The normalized spacial score (nSPS) is 16.4. The van der Waals surface area contributed by atoms with E-state index in [1.807, 2.05) is 0 Å². The third-order valence-corrected chi connectivity index (χ3v) is 1.50. The SMILES string of the molecule is C#CC(CO)(OC)N(C)C. The van der Waals surface area contributed by atoms with Gasteiger partial charge in [-0.05, 0) is 14.1 Å². The fraction of sp³-hybridized carbons (Fsp3) is 0.714. The monoisotopic (exact) mass is 143 g/mol. The van der Waals surface area contributed by atoms with E-state index in [2.05, 4.69) is 5.92 Å². The number of nitrogens with zero attached hydrogens (tertiary/aromatic N) is 1. The summed E-state index contributed by atoms with van der Waals surface area (Å²) in [5, 5.41) is 8.84. The van der Waals surface area contributed by atoms with Gasteiger partial charge in [-0.15, -0.1) is 6.42 Å². The van der Waals surface area contributed by atoms with Crippen LogP contribution in [0.25, 0.3) is 0 Å². The van der Waals surface area contributed by atoms with Crippen molar-refractivity contribution in [3.05, 3.63) is 0 Å². The summed E-state index contributed by atoms with van der Waals surface area (Å²) in [7, 11) is 4.97. The lowest BCUT2D eigenvalue weighted by Crippen LogP contribution is -2.47. The molecular weight excluding hydrogens is 130 g/mol. The van der Waals surface area contributed by atoms with Crippen LogP contribution in [0, 0.1) is 12.3 Å². The molecule has 10 heavy (non-hydrogen) atoms. The van der Waals surface area contributed by atoms with Crippen molar-refractivity contribution >= 4 is 0 Å². The predicted octanol–water partition coefficient (Wildman–Crippen LogP) is -0.484. The lowest BCUT2D eigenvalue weighted by atomic mass is 10.2. The molecule has 1 atom stereocenters. The molecule has 0 saturated heterocycles. The van der Waals surface area contributed by atoms with Crippen LogP contribution in [-0.2, 0) is 4.74 Å². The van der Waals surface area contributed by atoms with Crippen molar-refractivity contribution in [1.82, 2.24) is 4.90 Å². The smallest absolute Gasteiger partial charge is 0.207 e. The minimum atomic E-state index is -0.958. The standard InChI is InChI=1S/C7H13NO2/c1-5-7(6-9,10-4)8(2)3/h1,9H,6H2,2-4H3. The minimum Gasteiger partial charge on any atom is -0.391 e. The average molecular weight is 143 g/mol. The summed E-state index contributed by atoms with van der Waals surface area (Å²) < 4.78 is 4.94. The molecule has 0 heterocycles. The zero-order chi connectivity index (χ0) is 8.20. The van der Waals surface area contributed by atoms with Crippen LogP contribution in [0.3, 0.4) is 0 Å². The van der Waals surface area contributed by atoms with E-state index in [-0.39, 0.29) is 6.61 Å². The second-order valence-electron chi connectivity index (χ2n) is 2.19. The largest absolute Gasteiger partial charge is 0.391 e. The Labute approximate surface area is 61.6 Å². The van der Waals surface area contributed by atoms with Gasteiger partial charge in [0.25, 0.3) is 0 Å². The van der Waals surface area contributed by atoms with Gasteiger partial charge in [0.15, 0.2) is 0 Å². The third kappa shape index (κ3) is 1.48. The van der Waals surface area contributed by atoms with Gasteiger partial charge in [-0.3, -0.25) is 4.90 Å². The van der Waals surface area contributed by atoms with Gasteiger partial charge in [-0.1, -0.05) is 5.92 Å². The van der Waals surface area contributed by atoms with E-state index < -0.39 is 5.72 Å². The first kappa shape index (κ1) is 9.44. The van der Waals surface area contributed by atoms with Gasteiger partial charge in [0.1, 0.15) is 0 Å². The van der Waals surface area contributed by atoms with E-state index in [0.29, 0.717) is 0 Å². The molecule has 0 aliphatic rings. The van der Waals surface area contributed by atoms with Crippen molar-refractivity contribution in [2.45, 2.75) is 5.72 Å². The summed E-state index contributed by atoms with van der Waals surface area (Å²) in [4.78, 5) is 1.65. The molecule has 0 fully saturated rings. The topological polar surface area (TPSA) is 32.7 Å². The molecule has 58 valence electrons. The van der Waals surface area contributed by atoms with Crippen LogP contribution in [0.1, 0.15) is 0 Å². The Hall–Kier alpha value is -0.560. The van der Waals surface area contributed by atoms with Gasteiger partial charge in [0, 0.05) is 7.11 Å². The molecule has 0 aromatic rings. The predicted molar refractivity (Wildman–Crippen MR) is 39.3 cm³/mol. The molecule has 0 saturated carbocycles. The number of terminal acetylenes is 1. The van der Waals surface area contributed by atoms with Crippen molar-refractivity contribution < 1.29 is 9.84 Å². The van der Waals surface area contributed by atoms with E-state index in [9.17, 15) is 0 Å². The van der Waals surface area contributed by atoms with Crippen LogP contribution in [0.4, 0.5) is 0 Å². The molecule has 0 radical (unpaired) electrons. The van der Waals surface area contributed by atoms with Crippen molar-refractivity contribution in [3.8, 4) is 12.3 Å². The summed E-state index contributed by atoms with van der Waals surface area (Å²) in [5.41, 5.74) is -0.958. The second kappa shape index (κ2) is 3.57. The highest BCUT2D eigenvalue weighted by molar-refractivity contribution is 5.06. The highest BCUT2D eigenvalue weighted by Crippen LogP contribution is 2.09. The van der Waals surface area contributed by atoms with Crippen LogP contribution in [0.2, 0.25) is 0 Å². The van der Waals surface area contributed by atoms with Crippen molar-refractivity contribution in [2.24, 2.45) is 0 Å². The number of aliphatic hydroxyl groups excluding tert-OH is 1. The lowest BCUT2D eigenvalue weighted by molar-refractivity contribution is -0.0981. The summed E-state index contributed by atoms with van der Waals surface area (Å²) in [6.07, 6.45) is 5.15. The quantitative estimate of drug-likeness (QED) is 0.427. The average Bonchev–Trinajstić information content (AvgIpc) is 1.92. The van der Waals surface area contributed by atoms with Gasteiger partial charge in [-0.25, -0.2) is 0 Å². The summed E-state index contributed by atoms with van der Waals surface area (Å²) >= 11 is 0. The first-order valence-corrected chi connectivity index (χ1v) is 2.94. The maximum Gasteiger partial charge on any atom is 0.207 e. The molecule has 1 unspecified atom stereocenters. The molecule has 3 heteroatoms. The number of likely N-dealkylation sites (N-methyl/N-ethyl adjacent to an activating group) is 1. The zero-order valence-electron chi connectivity index (χ0n) is 6.59. The Morgan fingerprint density at radius 1 is 1.70 bits per heavy atom. The zero-order valence-corrected chi connectivity index (χ0v) is 6.59. The fourth-order valence-corrected chi connectivity index (χ4v) is 0.622. The van der Waals surface area contributed by atoms with E-state index in [4.69, 9.17) is 16.3 Å². The summed E-state index contributed by atoms with van der Waals surface area (Å²) in [6.45, 7) is -0.201. The summed E-state index contributed by atoms with van der Waals surface area (Å²) in [5.74, 6) is 2.37. The van der Waals surface area contributed by atoms with Crippen molar-refractivity contribution in [2.75, 3.05) is 27.8 Å². The van der Waals surface area contributed by atoms with Gasteiger partial charge in [0.05, 0.1) is 6.61 Å². The van der Waals surface area contributed by atoms with Crippen LogP contribution in [0.5, 0.6) is 0 Å². The third-order valence-electron chi connectivity index (χ3n) is 1.50. The molecule has 1 N–H and O–H groups in total.